The molecule has 0 aromatic heterocycles. The number of esters is 1. The molecule has 2 fully saturated rings. The summed E-state index contributed by atoms with van der Waals surface area (Å²) in [7, 11) is 0. The van der Waals surface area contributed by atoms with Gasteiger partial charge >= 0.3 is 5.97 Å². The first-order valence-electron chi connectivity index (χ1n) is 15.8. The molecule has 3 aromatic carbocycles. The highest BCUT2D eigenvalue weighted by Crippen LogP contribution is 2.50. The maximum atomic E-state index is 14.2. The Morgan fingerprint density at radius 1 is 1.00 bits per heavy atom. The molecule has 1 heterocycles. The smallest absolute Gasteiger partial charge is 0.312 e. The second-order valence-electron chi connectivity index (χ2n) is 13.8. The zero-order chi connectivity index (χ0) is 31.1. The van der Waals surface area contributed by atoms with Crippen molar-refractivity contribution in [1.29, 1.82) is 0 Å². The molecule has 0 bridgehead atoms. The van der Waals surface area contributed by atoms with Crippen LogP contribution >= 0.6 is 0 Å². The standard InChI is InChI=1S/C37H41FN2O4/c1-36(2,3)44-35(43)37(18-19-37)21-25-8-6-11-28(20-25)39-33(41)32(26-9-4-5-10-26)27-16-14-24(15-17-27)22-40-23-30-29(34(40)42)12-7-13-31(30)38/h6-8,11-17,20,26,32H,4-5,9-10,18-19,21-23H2,1-3H3,(H,39,41)/t32-/m0/s1. The van der Waals surface area contributed by atoms with Crippen LogP contribution in [0.2, 0.25) is 0 Å². The molecular formula is C37H41FN2O4. The molecule has 44 heavy (non-hydrogen) atoms. The maximum Gasteiger partial charge on any atom is 0.312 e. The molecule has 1 N–H and O–H groups in total. The van der Waals surface area contributed by atoms with Crippen molar-refractivity contribution < 1.29 is 23.5 Å². The molecule has 6 nitrogen and oxygen atoms in total. The average molecular weight is 597 g/mol. The summed E-state index contributed by atoms with van der Waals surface area (Å²) in [6.07, 6.45) is 6.46. The van der Waals surface area contributed by atoms with E-state index in [1.165, 1.54) is 6.07 Å². The van der Waals surface area contributed by atoms with Crippen LogP contribution in [0.1, 0.15) is 97.8 Å². The molecule has 0 saturated heterocycles. The van der Waals surface area contributed by atoms with Crippen molar-refractivity contribution >= 4 is 23.5 Å². The number of benzene rings is 3. The number of rotatable bonds is 9. The van der Waals surface area contributed by atoms with E-state index in [0.29, 0.717) is 24.1 Å². The van der Waals surface area contributed by atoms with Crippen LogP contribution in [0, 0.1) is 17.2 Å². The second kappa shape index (κ2) is 11.8. The van der Waals surface area contributed by atoms with Crippen LogP contribution < -0.4 is 5.32 Å². The summed E-state index contributed by atoms with van der Waals surface area (Å²) in [5.74, 6) is -0.722. The third-order valence-corrected chi connectivity index (χ3v) is 9.27. The number of fused-ring (bicyclic) bond motifs is 1. The third kappa shape index (κ3) is 6.42. The summed E-state index contributed by atoms with van der Waals surface area (Å²) in [6.45, 7) is 6.31. The maximum absolute atomic E-state index is 14.2. The molecule has 3 aliphatic rings. The van der Waals surface area contributed by atoms with Gasteiger partial charge in [0.2, 0.25) is 5.91 Å². The van der Waals surface area contributed by atoms with Crippen LogP contribution in [0.25, 0.3) is 0 Å². The van der Waals surface area contributed by atoms with Gasteiger partial charge < -0.3 is 15.0 Å². The first-order chi connectivity index (χ1) is 21.0. The van der Waals surface area contributed by atoms with Gasteiger partial charge in [0.15, 0.2) is 0 Å². The molecule has 0 unspecified atom stereocenters. The van der Waals surface area contributed by atoms with Gasteiger partial charge in [0.05, 0.1) is 17.9 Å². The number of anilines is 1. The molecule has 0 radical (unpaired) electrons. The zero-order valence-corrected chi connectivity index (χ0v) is 25.8. The van der Waals surface area contributed by atoms with Crippen LogP contribution in [0.5, 0.6) is 0 Å². The van der Waals surface area contributed by atoms with Crippen molar-refractivity contribution in [3.63, 3.8) is 0 Å². The minimum atomic E-state index is -0.521. The Kier molecular flexibility index (Phi) is 8.08. The van der Waals surface area contributed by atoms with Crippen LogP contribution in [0.15, 0.2) is 66.7 Å². The summed E-state index contributed by atoms with van der Waals surface area (Å²) in [5, 5.41) is 3.18. The third-order valence-electron chi connectivity index (χ3n) is 9.27. The van der Waals surface area contributed by atoms with Crippen molar-refractivity contribution in [1.82, 2.24) is 4.90 Å². The summed E-state index contributed by atoms with van der Waals surface area (Å²) >= 11 is 0. The van der Waals surface area contributed by atoms with Gasteiger partial charge in [0, 0.05) is 23.4 Å². The number of halogens is 1. The van der Waals surface area contributed by atoms with E-state index >= 15 is 0 Å². The van der Waals surface area contributed by atoms with Crippen molar-refractivity contribution in [2.75, 3.05) is 5.32 Å². The van der Waals surface area contributed by atoms with Crippen LogP contribution in [-0.4, -0.2) is 28.3 Å². The molecule has 2 amide bonds. The molecule has 2 saturated carbocycles. The monoisotopic (exact) mass is 596 g/mol. The molecule has 7 heteroatoms. The Balaban J connectivity index is 1.14. The van der Waals surface area contributed by atoms with Gasteiger partial charge in [0.25, 0.3) is 5.91 Å². The zero-order valence-electron chi connectivity index (χ0n) is 25.8. The van der Waals surface area contributed by atoms with Crippen LogP contribution in [0.3, 0.4) is 0 Å². The Bertz CT molecular complexity index is 1570. The van der Waals surface area contributed by atoms with Crippen molar-refractivity contribution in [3.8, 4) is 0 Å². The summed E-state index contributed by atoms with van der Waals surface area (Å²) < 4.78 is 19.9. The number of ether oxygens (including phenoxy) is 1. The molecule has 1 aliphatic heterocycles. The fourth-order valence-corrected chi connectivity index (χ4v) is 6.82. The molecule has 6 rings (SSSR count). The van der Waals surface area contributed by atoms with Crippen LogP contribution in [0.4, 0.5) is 10.1 Å². The Morgan fingerprint density at radius 3 is 2.36 bits per heavy atom. The number of nitrogens with one attached hydrogen (secondary N) is 1. The quantitative estimate of drug-likeness (QED) is 0.259. The lowest BCUT2D eigenvalue weighted by atomic mass is 9.83. The number of hydrogen-bond acceptors (Lipinski definition) is 4. The lowest BCUT2D eigenvalue weighted by Crippen LogP contribution is -2.30. The summed E-state index contributed by atoms with van der Waals surface area (Å²) in [4.78, 5) is 41.2. The van der Waals surface area contributed by atoms with Gasteiger partial charge in [-0.15, -0.1) is 0 Å². The van der Waals surface area contributed by atoms with Gasteiger partial charge in [-0.1, -0.05) is 55.3 Å². The lowest BCUT2D eigenvalue weighted by Gasteiger charge is -2.25. The summed E-state index contributed by atoms with van der Waals surface area (Å²) in [6, 6.07) is 20.4. The fraction of sp³-hybridized carbons (Fsp3) is 0.432. The van der Waals surface area contributed by atoms with E-state index in [9.17, 15) is 18.8 Å². The number of nitrogens with zero attached hydrogens (tertiary/aromatic N) is 1. The number of carbonyl (C=O) groups is 3. The van der Waals surface area contributed by atoms with E-state index in [2.05, 4.69) is 5.32 Å². The topological polar surface area (TPSA) is 75.7 Å². The Hall–Kier alpha value is -4.00. The van der Waals surface area contributed by atoms with Crippen molar-refractivity contribution in [2.24, 2.45) is 11.3 Å². The van der Waals surface area contributed by atoms with Gasteiger partial charge in [-0.25, -0.2) is 4.39 Å². The SMILES string of the molecule is CC(C)(C)OC(=O)C1(Cc2cccc(NC(=O)[C@H](c3ccc(CN4Cc5c(F)cccc5C4=O)cc3)C3CCCC3)c2)CC1. The number of hydrogen-bond donors (Lipinski definition) is 1. The van der Waals surface area contributed by atoms with E-state index < -0.39 is 11.0 Å². The van der Waals surface area contributed by atoms with Gasteiger partial charge in [-0.3, -0.25) is 14.4 Å². The first kappa shape index (κ1) is 30.0. The molecule has 230 valence electrons. The Labute approximate surface area is 259 Å². The van der Waals surface area contributed by atoms with E-state index in [0.717, 1.165) is 60.9 Å². The minimum Gasteiger partial charge on any atom is -0.460 e. The predicted octanol–water partition coefficient (Wildman–Crippen LogP) is 7.56. The highest BCUT2D eigenvalue weighted by atomic mass is 19.1. The fourth-order valence-electron chi connectivity index (χ4n) is 6.82. The van der Waals surface area contributed by atoms with E-state index in [4.69, 9.17) is 4.74 Å². The average Bonchev–Trinajstić information content (AvgIpc) is 3.41. The van der Waals surface area contributed by atoms with E-state index in [1.54, 1.807) is 17.0 Å². The predicted molar refractivity (Wildman–Crippen MR) is 167 cm³/mol. The number of amides is 2. The van der Waals surface area contributed by atoms with Gasteiger partial charge in [-0.05, 0) is 99.7 Å². The van der Waals surface area contributed by atoms with Crippen molar-refractivity contribution in [2.45, 2.75) is 90.3 Å². The highest BCUT2D eigenvalue weighted by Gasteiger charge is 2.52. The molecular weight excluding hydrogens is 555 g/mol. The van der Waals surface area contributed by atoms with E-state index in [-0.39, 0.29) is 42.0 Å². The summed E-state index contributed by atoms with van der Waals surface area (Å²) in [5.41, 5.74) is 3.52. The molecule has 2 aliphatic carbocycles. The van der Waals surface area contributed by atoms with Crippen LogP contribution in [-0.2, 0) is 33.8 Å². The first-order valence-corrected chi connectivity index (χ1v) is 15.8. The van der Waals surface area contributed by atoms with Crippen molar-refractivity contribution in [3.05, 3.63) is 100 Å². The minimum absolute atomic E-state index is 0.0317. The molecule has 0 spiro atoms. The van der Waals surface area contributed by atoms with E-state index in [1.807, 2.05) is 69.3 Å². The highest BCUT2D eigenvalue weighted by molar-refractivity contribution is 5.98. The number of carbonyl (C=O) groups excluding carboxylic acids is 3. The Morgan fingerprint density at radius 2 is 1.70 bits per heavy atom. The normalized spacial score (nSPS) is 18.2. The second-order valence-corrected chi connectivity index (χ2v) is 13.8. The van der Waals surface area contributed by atoms with Gasteiger partial charge in [0.1, 0.15) is 11.4 Å². The lowest BCUT2D eigenvalue weighted by molar-refractivity contribution is -0.161. The van der Waals surface area contributed by atoms with Gasteiger partial charge in [-0.2, -0.15) is 0 Å². The largest absolute Gasteiger partial charge is 0.460 e. The molecule has 1 atom stereocenters. The molecule has 3 aromatic rings.